The van der Waals surface area contributed by atoms with Gasteiger partial charge >= 0.3 is 0 Å². The zero-order valence-corrected chi connectivity index (χ0v) is 6.26. The van der Waals surface area contributed by atoms with E-state index in [0.717, 1.165) is 19.3 Å². The van der Waals surface area contributed by atoms with Crippen LogP contribution in [-0.2, 0) is 4.79 Å². The molecule has 0 aliphatic carbocycles. The van der Waals surface area contributed by atoms with Crippen molar-refractivity contribution < 1.29 is 4.79 Å². The Balaban J connectivity index is 2.35. The first-order valence-electron chi connectivity index (χ1n) is 3.79. The fourth-order valence-corrected chi connectivity index (χ4v) is 1.37. The van der Waals surface area contributed by atoms with Crippen LogP contribution >= 0.6 is 0 Å². The highest BCUT2D eigenvalue weighted by Crippen LogP contribution is 2.13. The zero-order valence-electron chi connectivity index (χ0n) is 6.26. The average molecular weight is 142 g/mol. The van der Waals surface area contributed by atoms with Crippen molar-refractivity contribution in [1.29, 1.82) is 0 Å². The Morgan fingerprint density at radius 3 is 2.70 bits per heavy atom. The highest BCUT2D eigenvalue weighted by molar-refractivity contribution is 5.80. The molecule has 0 saturated carbocycles. The van der Waals surface area contributed by atoms with Gasteiger partial charge in [-0.25, -0.2) is 0 Å². The van der Waals surface area contributed by atoms with E-state index in [-0.39, 0.29) is 11.9 Å². The molecule has 3 N–H and O–H groups in total. The molecule has 0 bridgehead atoms. The average Bonchev–Trinajstić information content (AvgIpc) is 2.34. The number of primary amides is 1. The smallest absolute Gasteiger partial charge is 0.234 e. The highest BCUT2D eigenvalue weighted by atomic mass is 16.1. The predicted molar refractivity (Wildman–Crippen MR) is 39.4 cm³/mol. The Bertz CT molecular complexity index is 136. The molecule has 1 amide bonds. The molecule has 1 unspecified atom stereocenters. The van der Waals surface area contributed by atoms with E-state index in [1.807, 2.05) is 0 Å². The van der Waals surface area contributed by atoms with Gasteiger partial charge in [-0.1, -0.05) is 6.92 Å². The van der Waals surface area contributed by atoms with Crippen LogP contribution in [0.1, 0.15) is 26.2 Å². The number of hydrogen-bond acceptors (Lipinski definition) is 2. The normalized spacial score (nSPS) is 32.5. The molecule has 1 aliphatic rings. The van der Waals surface area contributed by atoms with Crippen LogP contribution in [0, 0.1) is 0 Å². The van der Waals surface area contributed by atoms with Gasteiger partial charge in [0.05, 0.1) is 6.04 Å². The molecule has 1 rings (SSSR count). The fraction of sp³-hybridized carbons (Fsp3) is 0.857. The molecule has 2 atom stereocenters. The van der Waals surface area contributed by atoms with Gasteiger partial charge in [-0.15, -0.1) is 0 Å². The lowest BCUT2D eigenvalue weighted by Crippen LogP contribution is -2.39. The van der Waals surface area contributed by atoms with Crippen molar-refractivity contribution in [2.75, 3.05) is 0 Å². The summed E-state index contributed by atoms with van der Waals surface area (Å²) < 4.78 is 0. The van der Waals surface area contributed by atoms with Gasteiger partial charge in [-0.05, 0) is 19.3 Å². The Hall–Kier alpha value is -0.570. The molecule has 1 aliphatic heterocycles. The third-order valence-corrected chi connectivity index (χ3v) is 2.08. The van der Waals surface area contributed by atoms with E-state index >= 15 is 0 Å². The third-order valence-electron chi connectivity index (χ3n) is 2.08. The van der Waals surface area contributed by atoms with E-state index in [9.17, 15) is 4.79 Å². The molecule has 0 radical (unpaired) electrons. The van der Waals surface area contributed by atoms with E-state index in [4.69, 9.17) is 5.73 Å². The number of nitrogens with one attached hydrogen (secondary N) is 1. The minimum absolute atomic E-state index is 0.0649. The predicted octanol–water partition coefficient (Wildman–Crippen LogP) is 0.00230. The molecule has 3 heteroatoms. The van der Waals surface area contributed by atoms with Crippen LogP contribution in [-0.4, -0.2) is 18.0 Å². The molecule has 10 heavy (non-hydrogen) atoms. The molecule has 0 aromatic carbocycles. The summed E-state index contributed by atoms with van der Waals surface area (Å²) >= 11 is 0. The summed E-state index contributed by atoms with van der Waals surface area (Å²) in [7, 11) is 0. The third kappa shape index (κ3) is 1.48. The Kier molecular flexibility index (Phi) is 2.27. The van der Waals surface area contributed by atoms with Gasteiger partial charge < -0.3 is 11.1 Å². The molecule has 1 saturated heterocycles. The summed E-state index contributed by atoms with van der Waals surface area (Å²) in [5.74, 6) is -0.212. The monoisotopic (exact) mass is 142 g/mol. The lowest BCUT2D eigenvalue weighted by Gasteiger charge is -2.08. The summed E-state index contributed by atoms with van der Waals surface area (Å²) in [6.45, 7) is 2.11. The van der Waals surface area contributed by atoms with Crippen LogP contribution < -0.4 is 11.1 Å². The van der Waals surface area contributed by atoms with Crippen molar-refractivity contribution in [3.8, 4) is 0 Å². The van der Waals surface area contributed by atoms with E-state index in [1.165, 1.54) is 0 Å². The zero-order chi connectivity index (χ0) is 7.56. The summed E-state index contributed by atoms with van der Waals surface area (Å²) in [5.41, 5.74) is 5.11. The Morgan fingerprint density at radius 2 is 2.40 bits per heavy atom. The number of rotatable bonds is 2. The quantitative estimate of drug-likeness (QED) is 0.570. The number of carbonyl (C=O) groups excluding carboxylic acids is 1. The summed E-state index contributed by atoms with van der Waals surface area (Å²) in [4.78, 5) is 10.6. The largest absolute Gasteiger partial charge is 0.368 e. The van der Waals surface area contributed by atoms with E-state index in [2.05, 4.69) is 12.2 Å². The second-order valence-corrected chi connectivity index (χ2v) is 2.80. The number of nitrogens with two attached hydrogens (primary N) is 1. The van der Waals surface area contributed by atoms with Crippen LogP contribution in [0.3, 0.4) is 0 Å². The summed E-state index contributed by atoms with van der Waals surface area (Å²) in [6.07, 6.45) is 3.09. The van der Waals surface area contributed by atoms with Gasteiger partial charge in [0.15, 0.2) is 0 Å². The molecule has 1 heterocycles. The van der Waals surface area contributed by atoms with Crippen molar-refractivity contribution in [3.05, 3.63) is 0 Å². The number of amides is 1. The van der Waals surface area contributed by atoms with Crippen molar-refractivity contribution in [2.45, 2.75) is 38.3 Å². The maximum Gasteiger partial charge on any atom is 0.234 e. The first kappa shape index (κ1) is 7.54. The maximum absolute atomic E-state index is 10.6. The lowest BCUT2D eigenvalue weighted by molar-refractivity contribution is -0.119. The van der Waals surface area contributed by atoms with Crippen LogP contribution in [0.15, 0.2) is 0 Å². The van der Waals surface area contributed by atoms with Crippen LogP contribution in [0.25, 0.3) is 0 Å². The Labute approximate surface area is 61.0 Å². The lowest BCUT2D eigenvalue weighted by atomic mass is 10.1. The van der Waals surface area contributed by atoms with Crippen molar-refractivity contribution in [2.24, 2.45) is 5.73 Å². The minimum atomic E-state index is -0.212. The Morgan fingerprint density at radius 1 is 1.70 bits per heavy atom. The van der Waals surface area contributed by atoms with Crippen molar-refractivity contribution in [1.82, 2.24) is 5.32 Å². The van der Waals surface area contributed by atoms with E-state index in [1.54, 1.807) is 0 Å². The first-order valence-corrected chi connectivity index (χ1v) is 3.79. The van der Waals surface area contributed by atoms with E-state index in [0.29, 0.717) is 6.04 Å². The molecule has 0 aromatic heterocycles. The van der Waals surface area contributed by atoms with Gasteiger partial charge in [0.2, 0.25) is 5.91 Å². The molecule has 0 spiro atoms. The topological polar surface area (TPSA) is 55.1 Å². The van der Waals surface area contributed by atoms with E-state index < -0.39 is 0 Å². The van der Waals surface area contributed by atoms with Gasteiger partial charge in [0.25, 0.3) is 0 Å². The van der Waals surface area contributed by atoms with Crippen molar-refractivity contribution >= 4 is 5.91 Å². The molecule has 3 nitrogen and oxygen atoms in total. The number of hydrogen-bond donors (Lipinski definition) is 2. The van der Waals surface area contributed by atoms with Gasteiger partial charge in [0.1, 0.15) is 0 Å². The van der Waals surface area contributed by atoms with Crippen molar-refractivity contribution in [3.63, 3.8) is 0 Å². The van der Waals surface area contributed by atoms with Crippen LogP contribution in [0.4, 0.5) is 0 Å². The standard InChI is InChI=1S/C7H14N2O/c1-2-5-3-4-6(9-5)7(8)10/h5-6,9H,2-4H2,1H3,(H2,8,10)/t5?,6-/m0/s1. The second kappa shape index (κ2) is 3.01. The molecule has 0 aromatic rings. The highest BCUT2D eigenvalue weighted by Gasteiger charge is 2.25. The first-order chi connectivity index (χ1) is 4.74. The SMILES string of the molecule is CCC1CC[C@@H](C(N)=O)N1. The van der Waals surface area contributed by atoms with Crippen LogP contribution in [0.5, 0.6) is 0 Å². The second-order valence-electron chi connectivity index (χ2n) is 2.80. The summed E-state index contributed by atoms with van der Waals surface area (Å²) in [6, 6.07) is 0.447. The fourth-order valence-electron chi connectivity index (χ4n) is 1.37. The molecule has 1 fully saturated rings. The minimum Gasteiger partial charge on any atom is -0.368 e. The molecular formula is C7H14N2O. The molecular weight excluding hydrogens is 128 g/mol. The maximum atomic E-state index is 10.6. The van der Waals surface area contributed by atoms with Gasteiger partial charge in [-0.2, -0.15) is 0 Å². The van der Waals surface area contributed by atoms with Crippen LogP contribution in [0.2, 0.25) is 0 Å². The molecule has 58 valence electrons. The van der Waals surface area contributed by atoms with Gasteiger partial charge in [-0.3, -0.25) is 4.79 Å². The number of carbonyl (C=O) groups is 1. The summed E-state index contributed by atoms with van der Waals surface area (Å²) in [5, 5.41) is 3.17. The van der Waals surface area contributed by atoms with Gasteiger partial charge in [0, 0.05) is 6.04 Å².